The number of carbonyl (C=O) groups is 1. The first-order valence-corrected chi connectivity index (χ1v) is 6.51. The van der Waals surface area contributed by atoms with E-state index in [-0.39, 0.29) is 0 Å². The Hall–Kier alpha value is -1.74. The van der Waals surface area contributed by atoms with Crippen molar-refractivity contribution in [1.29, 1.82) is 0 Å². The van der Waals surface area contributed by atoms with Gasteiger partial charge in [0.2, 0.25) is 5.82 Å². The third-order valence-corrected chi connectivity index (χ3v) is 3.28. The van der Waals surface area contributed by atoms with Gasteiger partial charge in [-0.1, -0.05) is 0 Å². The number of ether oxygens (including phenoxy) is 1. The number of esters is 1. The maximum atomic E-state index is 13.3. The van der Waals surface area contributed by atoms with Crippen LogP contribution >= 0.6 is 10.7 Å². The minimum absolute atomic E-state index is 0.579. The number of carbonyl (C=O) groups excluding carboxylic acids is 1. The number of methoxy groups -OCH3 is 1. The van der Waals surface area contributed by atoms with Crippen LogP contribution in [0, 0.1) is 15.9 Å². The summed E-state index contributed by atoms with van der Waals surface area (Å²) in [6, 6.07) is 1.32. The summed E-state index contributed by atoms with van der Waals surface area (Å²) in [6.07, 6.45) is 0. The summed E-state index contributed by atoms with van der Waals surface area (Å²) in [5, 5.41) is 10.6. The van der Waals surface area contributed by atoms with Gasteiger partial charge in [0.05, 0.1) is 17.6 Å². The van der Waals surface area contributed by atoms with Crippen molar-refractivity contribution in [2.75, 3.05) is 7.11 Å². The summed E-state index contributed by atoms with van der Waals surface area (Å²) < 4.78 is 40.0. The van der Waals surface area contributed by atoms with Crippen LogP contribution in [-0.2, 0) is 13.8 Å². The Labute approximate surface area is 105 Å². The van der Waals surface area contributed by atoms with Gasteiger partial charge in [-0.15, -0.1) is 0 Å². The van der Waals surface area contributed by atoms with Crippen LogP contribution < -0.4 is 0 Å². The molecule has 7 nitrogen and oxygen atoms in total. The summed E-state index contributed by atoms with van der Waals surface area (Å²) in [5.41, 5.74) is -2.10. The van der Waals surface area contributed by atoms with E-state index in [0.717, 1.165) is 13.2 Å². The molecule has 0 fully saturated rings. The molecule has 0 bridgehead atoms. The lowest BCUT2D eigenvalue weighted by Gasteiger charge is -2.06. The highest BCUT2D eigenvalue weighted by atomic mass is 35.7. The number of hydrogen-bond donors (Lipinski definition) is 0. The molecule has 0 atom stereocenters. The van der Waals surface area contributed by atoms with Crippen LogP contribution in [0.2, 0.25) is 0 Å². The molecule has 0 aliphatic rings. The first-order chi connectivity index (χ1) is 8.20. The van der Waals surface area contributed by atoms with Gasteiger partial charge in [0.1, 0.15) is 0 Å². The van der Waals surface area contributed by atoms with E-state index in [1.165, 1.54) is 0 Å². The minimum atomic E-state index is -4.70. The molecule has 10 heteroatoms. The third kappa shape index (κ3) is 2.57. The highest BCUT2D eigenvalue weighted by Gasteiger charge is 2.34. The predicted molar refractivity (Wildman–Crippen MR) is 57.4 cm³/mol. The van der Waals surface area contributed by atoms with Crippen LogP contribution in [-0.4, -0.2) is 26.4 Å². The zero-order chi connectivity index (χ0) is 14.1. The fourth-order valence-corrected chi connectivity index (χ4v) is 2.52. The number of nitro groups is 1. The van der Waals surface area contributed by atoms with E-state index in [2.05, 4.69) is 4.74 Å². The first kappa shape index (κ1) is 14.3. The molecule has 0 amide bonds. The van der Waals surface area contributed by atoms with Gasteiger partial charge in [-0.3, -0.25) is 10.1 Å². The van der Waals surface area contributed by atoms with Crippen LogP contribution in [0.4, 0.5) is 10.1 Å². The van der Waals surface area contributed by atoms with Gasteiger partial charge in [-0.25, -0.2) is 13.2 Å². The molecule has 1 aromatic carbocycles. The largest absolute Gasteiger partial charge is 0.465 e. The highest BCUT2D eigenvalue weighted by Crippen LogP contribution is 2.33. The van der Waals surface area contributed by atoms with E-state index in [4.69, 9.17) is 10.7 Å². The Kier molecular flexibility index (Phi) is 3.87. The van der Waals surface area contributed by atoms with Crippen molar-refractivity contribution in [3.8, 4) is 0 Å². The number of rotatable bonds is 3. The van der Waals surface area contributed by atoms with Crippen LogP contribution in [0.3, 0.4) is 0 Å². The zero-order valence-electron chi connectivity index (χ0n) is 8.72. The fourth-order valence-electron chi connectivity index (χ4n) is 1.23. The highest BCUT2D eigenvalue weighted by molar-refractivity contribution is 8.14. The van der Waals surface area contributed by atoms with Gasteiger partial charge in [0.25, 0.3) is 9.05 Å². The Morgan fingerprint density at radius 2 is 2.06 bits per heavy atom. The minimum Gasteiger partial charge on any atom is -0.465 e. The number of hydrogen-bond acceptors (Lipinski definition) is 6. The topological polar surface area (TPSA) is 104 Å². The average molecular weight is 298 g/mol. The SMILES string of the molecule is COC(=O)c1ccc(F)c([N+](=O)[O-])c1S(=O)(=O)Cl. The van der Waals surface area contributed by atoms with Crippen LogP contribution in [0.1, 0.15) is 10.4 Å². The lowest BCUT2D eigenvalue weighted by Crippen LogP contribution is -2.11. The van der Waals surface area contributed by atoms with Crippen molar-refractivity contribution in [3.63, 3.8) is 0 Å². The molecule has 0 radical (unpaired) electrons. The average Bonchev–Trinajstić information content (AvgIpc) is 2.25. The fraction of sp³-hybridized carbons (Fsp3) is 0.125. The van der Waals surface area contributed by atoms with Gasteiger partial charge in [-0.2, -0.15) is 4.39 Å². The summed E-state index contributed by atoms with van der Waals surface area (Å²) in [7, 11) is 1.21. The predicted octanol–water partition coefficient (Wildman–Crippen LogP) is 1.45. The van der Waals surface area contributed by atoms with Crippen molar-refractivity contribution in [1.82, 2.24) is 0 Å². The Morgan fingerprint density at radius 1 is 1.50 bits per heavy atom. The first-order valence-electron chi connectivity index (χ1n) is 4.20. The standard InChI is InChI=1S/C8H5ClFNO6S/c1-17-8(12)4-2-3-5(10)6(11(13)14)7(4)18(9,15)16/h2-3H,1H3. The van der Waals surface area contributed by atoms with Gasteiger partial charge in [0, 0.05) is 10.7 Å². The maximum Gasteiger partial charge on any atom is 0.339 e. The Bertz CT molecular complexity index is 629. The quantitative estimate of drug-likeness (QED) is 0.362. The van der Waals surface area contributed by atoms with E-state index >= 15 is 0 Å². The lowest BCUT2D eigenvalue weighted by molar-refractivity contribution is -0.390. The second kappa shape index (κ2) is 4.86. The number of nitrogens with zero attached hydrogens (tertiary/aromatic N) is 1. The number of benzene rings is 1. The Morgan fingerprint density at radius 3 is 2.44 bits per heavy atom. The van der Waals surface area contributed by atoms with E-state index < -0.39 is 41.9 Å². The van der Waals surface area contributed by atoms with E-state index in [1.54, 1.807) is 0 Å². The van der Waals surface area contributed by atoms with Gasteiger partial charge in [0.15, 0.2) is 4.90 Å². The zero-order valence-corrected chi connectivity index (χ0v) is 10.3. The molecule has 18 heavy (non-hydrogen) atoms. The monoisotopic (exact) mass is 297 g/mol. The second-order valence-corrected chi connectivity index (χ2v) is 5.46. The molecule has 0 unspecified atom stereocenters. The van der Waals surface area contributed by atoms with E-state index in [0.29, 0.717) is 6.07 Å². The van der Waals surface area contributed by atoms with Gasteiger partial charge < -0.3 is 4.74 Å². The summed E-state index contributed by atoms with van der Waals surface area (Å²) >= 11 is 0. The molecule has 0 aliphatic carbocycles. The molecule has 0 spiro atoms. The summed E-state index contributed by atoms with van der Waals surface area (Å²) in [4.78, 5) is 19.4. The smallest absolute Gasteiger partial charge is 0.339 e. The van der Waals surface area contributed by atoms with Crippen molar-refractivity contribution < 1.29 is 27.3 Å². The van der Waals surface area contributed by atoms with Crippen LogP contribution in [0.25, 0.3) is 0 Å². The van der Waals surface area contributed by atoms with Crippen LogP contribution in [0.5, 0.6) is 0 Å². The third-order valence-electron chi connectivity index (χ3n) is 1.91. The number of nitro benzene ring substituents is 1. The molecular formula is C8H5ClFNO6S. The number of halogens is 2. The van der Waals surface area contributed by atoms with Crippen molar-refractivity contribution >= 4 is 31.4 Å². The van der Waals surface area contributed by atoms with Gasteiger partial charge in [-0.05, 0) is 12.1 Å². The molecule has 0 N–H and O–H groups in total. The maximum absolute atomic E-state index is 13.3. The van der Waals surface area contributed by atoms with Crippen molar-refractivity contribution in [2.45, 2.75) is 4.90 Å². The normalized spacial score (nSPS) is 11.1. The lowest BCUT2D eigenvalue weighted by atomic mass is 10.2. The van der Waals surface area contributed by atoms with Crippen LogP contribution in [0.15, 0.2) is 17.0 Å². The van der Waals surface area contributed by atoms with Crippen molar-refractivity contribution in [3.05, 3.63) is 33.6 Å². The molecule has 1 aromatic rings. The molecular weight excluding hydrogens is 293 g/mol. The molecule has 0 saturated heterocycles. The molecule has 98 valence electrons. The summed E-state index contributed by atoms with van der Waals surface area (Å²) in [5.74, 6) is -2.61. The van der Waals surface area contributed by atoms with E-state index in [9.17, 15) is 27.7 Å². The molecule has 0 heterocycles. The molecule has 0 saturated carbocycles. The molecule has 1 rings (SSSR count). The van der Waals surface area contributed by atoms with Crippen molar-refractivity contribution in [2.24, 2.45) is 0 Å². The van der Waals surface area contributed by atoms with E-state index in [1.807, 2.05) is 0 Å². The second-order valence-electron chi connectivity index (χ2n) is 2.96. The Balaban J connectivity index is 3.83. The molecule has 0 aromatic heterocycles. The van der Waals surface area contributed by atoms with Gasteiger partial charge >= 0.3 is 11.7 Å². The molecule has 0 aliphatic heterocycles. The summed E-state index contributed by atoms with van der Waals surface area (Å²) in [6.45, 7) is 0.